The van der Waals surface area contributed by atoms with E-state index in [1.54, 1.807) is 127 Å². The molecule has 0 bridgehead atoms. The van der Waals surface area contributed by atoms with Crippen LogP contribution in [0.5, 0.6) is 0 Å². The summed E-state index contributed by atoms with van der Waals surface area (Å²) in [6.07, 6.45) is 40.8. The Kier molecular flexibility index (Phi) is 32.0. The van der Waals surface area contributed by atoms with Gasteiger partial charge in [-0.3, -0.25) is 24.0 Å². The van der Waals surface area contributed by atoms with Crippen LogP contribution in [0.15, 0.2) is 341 Å². The number of nitrogen functional groups attached to an aromatic ring is 1. The van der Waals surface area contributed by atoms with E-state index < -0.39 is 0 Å². The fourth-order valence-corrected chi connectivity index (χ4v) is 13.7. The minimum Gasteiger partial charge on any atom is -0.465 e. The summed E-state index contributed by atoms with van der Waals surface area (Å²) in [5.41, 5.74) is 11.7. The molecule has 0 saturated carbocycles. The van der Waals surface area contributed by atoms with Gasteiger partial charge in [-0.15, -0.1) is 10.2 Å². The molecule has 13 heterocycles. The number of anilines is 2. The predicted molar refractivity (Wildman–Crippen MR) is 515 cm³/mol. The number of halogens is 2. The van der Waals surface area contributed by atoms with Gasteiger partial charge in [-0.05, 0) is 191 Å². The first-order chi connectivity index (χ1) is 64.0. The number of furan rings is 2. The molecular weight excluding hydrogens is 1710 g/mol. The quantitative estimate of drug-likeness (QED) is 0.0693. The number of thiophene rings is 1. The standard InChI is InChI=1S/C21H20N4O2.C19H15ClN2O.C16H12N2O2.C16H12N2OS.C15H13N3O2.C14H15ClN6/c26-21(18-7-9-20(22-16-18)24-12-14-27-15-13-24)25-11-10-19(23-25)8-6-17-4-2-1-3-5-17;20-17-9-6-16(7-10-17)14-19(23)22-13-12-18(21-22)11-8-15-4-2-1-3-5-15;19-16(15-7-4-12-20-15)18-11-10-14(17-18)9-8-13-5-2-1-3-6-13;19-16(14-9-11-20-12-14)18-10-8-15(17-18)7-6-13-4-2-1-3-5-13;1-17-9-2-5-14(17)15(19)18-10-8-12(16-18)6-7-13-4-3-11-20-13;1-10-18-19-14(20(10)16)21-13(7-8-17-21)6-5-11-3-2-4-12(15)9-11/h1-11,16H,12-15H2;1-13H,14H2;2*1-12H;2-11H,1H3;2-6,8-9,13H,7,16H2,1H3/b8-6+;11-8+;9-8+;2*7-6+;6-5+. The summed E-state index contributed by atoms with van der Waals surface area (Å²) in [7, 11) is 1.83. The first-order valence-electron chi connectivity index (χ1n) is 41.3. The number of aryl methyl sites for hydroxylation is 2. The third-order valence-corrected chi connectivity index (χ3v) is 20.8. The normalized spacial score (nSPS) is 12.9. The molecule has 1 atom stereocenters. The Bertz CT molecular complexity index is 6630. The van der Waals surface area contributed by atoms with Gasteiger partial charge in [0.25, 0.3) is 29.6 Å². The van der Waals surface area contributed by atoms with Crippen molar-refractivity contribution in [3.05, 3.63) is 434 Å². The van der Waals surface area contributed by atoms with Gasteiger partial charge in [-0.1, -0.05) is 205 Å². The first-order valence-corrected chi connectivity index (χ1v) is 43.0. The van der Waals surface area contributed by atoms with Crippen LogP contribution in [-0.2, 0) is 18.2 Å². The molecule has 6 aromatic carbocycles. The van der Waals surface area contributed by atoms with Crippen molar-refractivity contribution in [3.8, 4) is 0 Å². The average Bonchev–Trinajstić information content (AvgIpc) is 1.69. The molecule has 2 N–H and O–H groups in total. The van der Waals surface area contributed by atoms with Gasteiger partial charge in [0.15, 0.2) is 11.6 Å². The lowest BCUT2D eigenvalue weighted by atomic mass is 10.1. The van der Waals surface area contributed by atoms with Crippen LogP contribution >= 0.6 is 34.5 Å². The van der Waals surface area contributed by atoms with E-state index in [1.165, 1.54) is 45.7 Å². The summed E-state index contributed by atoms with van der Waals surface area (Å²) >= 11 is 13.3. The minimum absolute atomic E-state index is 0.0647. The molecule has 2 aliphatic heterocycles. The highest BCUT2D eigenvalue weighted by Gasteiger charge is 2.26. The molecule has 0 radical (unpaired) electrons. The number of nitrogens with two attached hydrogens (primary N) is 1. The number of rotatable bonds is 20. The molecule has 19 rings (SSSR count). The largest absolute Gasteiger partial charge is 0.465 e. The monoisotopic (exact) mass is 1800 g/mol. The fraction of sp³-hybridized carbons (Fsp3) is 0.0891. The fourth-order valence-electron chi connectivity index (χ4n) is 12.7. The summed E-state index contributed by atoms with van der Waals surface area (Å²) in [5.74, 6) is 8.13. The number of benzene rings is 6. The Morgan fingerprint density at radius 3 is 1.46 bits per heavy atom. The molecule has 0 amide bonds. The van der Waals surface area contributed by atoms with Gasteiger partial charge in [0.2, 0.25) is 0 Å². The predicted octanol–water partition coefficient (Wildman–Crippen LogP) is 19.6. The van der Waals surface area contributed by atoms with Crippen LogP contribution in [-0.4, -0.2) is 141 Å². The van der Waals surface area contributed by atoms with E-state index >= 15 is 0 Å². The molecule has 131 heavy (non-hydrogen) atoms. The molecule has 0 aliphatic carbocycles. The van der Waals surface area contributed by atoms with E-state index in [0.717, 1.165) is 81.6 Å². The van der Waals surface area contributed by atoms with E-state index in [1.807, 2.05) is 285 Å². The van der Waals surface area contributed by atoms with E-state index in [-0.39, 0.29) is 41.3 Å². The molecule has 30 heteroatoms. The van der Waals surface area contributed by atoms with Crippen LogP contribution in [0.2, 0.25) is 10.0 Å². The topological polar surface area (TPSA) is 303 Å². The zero-order valence-corrected chi connectivity index (χ0v) is 73.3. The van der Waals surface area contributed by atoms with Crippen LogP contribution in [0.3, 0.4) is 0 Å². The number of carbonyl (C=O) groups excluding carboxylic acids is 5. The van der Waals surface area contributed by atoms with Gasteiger partial charge in [0.1, 0.15) is 17.3 Å². The van der Waals surface area contributed by atoms with E-state index in [2.05, 4.69) is 56.8 Å². The minimum atomic E-state index is -0.283. The molecule has 27 nitrogen and oxygen atoms in total. The number of pyridine rings is 1. The third kappa shape index (κ3) is 26.6. The number of carbonyl (C=O) groups is 5. The Balaban J connectivity index is 0.000000127. The first kappa shape index (κ1) is 90.8. The second kappa shape index (κ2) is 46.2. The number of morpholine rings is 1. The van der Waals surface area contributed by atoms with Crippen molar-refractivity contribution in [3.63, 3.8) is 0 Å². The highest BCUT2D eigenvalue weighted by molar-refractivity contribution is 7.08. The van der Waals surface area contributed by atoms with Crippen molar-refractivity contribution in [2.45, 2.75) is 25.8 Å². The molecule has 1 unspecified atom stereocenters. The molecule has 2 aliphatic rings. The van der Waals surface area contributed by atoms with Gasteiger partial charge in [0.05, 0.1) is 77.8 Å². The average molecular weight is 1800 g/mol. The third-order valence-electron chi connectivity index (χ3n) is 19.6. The van der Waals surface area contributed by atoms with Gasteiger partial charge >= 0.3 is 5.91 Å². The Morgan fingerprint density at radius 2 is 0.977 bits per heavy atom. The highest BCUT2D eigenvalue weighted by atomic mass is 35.5. The van der Waals surface area contributed by atoms with Crippen molar-refractivity contribution < 1.29 is 37.5 Å². The number of nitrogens with zero attached hydrogens (tertiary/aromatic N) is 18. The molecule has 0 spiro atoms. The molecule has 11 aromatic heterocycles. The lowest BCUT2D eigenvalue weighted by Gasteiger charge is -2.27. The number of hydrogen-bond donors (Lipinski definition) is 1. The highest BCUT2D eigenvalue weighted by Crippen LogP contribution is 2.24. The Hall–Kier alpha value is -16.4. The van der Waals surface area contributed by atoms with E-state index in [9.17, 15) is 24.0 Å². The summed E-state index contributed by atoms with van der Waals surface area (Å²) in [6, 6.07) is 79.8. The SMILES string of the molecule is Cc1nnc(N2N=CCC2/C=C/c2cccc(Cl)c2)n1N.Cn1cccc1C(=O)n1ccc(/C=C/c2ccco2)n1.O=C(Cc1ccc(Cl)cc1)n1ccc(/C=C/c2ccccc2)n1.O=C(c1ccc(N2CCOCC2)nc1)n1ccc(/C=C/c2ccccc2)n1.O=C(c1ccco1)n1ccc(/C=C/c2ccccc2)n1.O=C(c1ccsc1)n1ccc(/C=C/c2ccccc2)n1. The Morgan fingerprint density at radius 1 is 0.466 bits per heavy atom. The zero-order chi connectivity index (χ0) is 90.9. The molecule has 654 valence electrons. The summed E-state index contributed by atoms with van der Waals surface area (Å²) in [6.45, 7) is 4.84. The van der Waals surface area contributed by atoms with Crippen molar-refractivity contribution in [2.75, 3.05) is 42.1 Å². The molecule has 1 fully saturated rings. The van der Waals surface area contributed by atoms with E-state index in [4.69, 9.17) is 42.6 Å². The molecular formula is C101H87Cl2N19O8S. The van der Waals surface area contributed by atoms with Gasteiger partial charge < -0.3 is 28.9 Å². The maximum Gasteiger partial charge on any atom is 0.313 e. The molecule has 17 aromatic rings. The van der Waals surface area contributed by atoms with Crippen LogP contribution in [0.25, 0.3) is 66.8 Å². The zero-order valence-electron chi connectivity index (χ0n) is 71.0. The second-order valence-corrected chi connectivity index (χ2v) is 30.6. The lowest BCUT2D eigenvalue weighted by molar-refractivity contribution is 0.0894. The molecule has 1 saturated heterocycles. The van der Waals surface area contributed by atoms with Gasteiger partial charge in [-0.25, -0.2) is 38.1 Å². The van der Waals surface area contributed by atoms with Gasteiger partial charge in [-0.2, -0.15) is 41.9 Å². The smallest absolute Gasteiger partial charge is 0.313 e. The van der Waals surface area contributed by atoms with Crippen LogP contribution in [0, 0.1) is 6.92 Å². The number of hydrogen-bond acceptors (Lipinski definition) is 21. The lowest BCUT2D eigenvalue weighted by Crippen LogP contribution is -2.36. The second-order valence-electron chi connectivity index (χ2n) is 28.9. The van der Waals surface area contributed by atoms with Crippen molar-refractivity contribution in [2.24, 2.45) is 12.1 Å². The maximum absolute atomic E-state index is 12.6. The van der Waals surface area contributed by atoms with Gasteiger partial charge in [0, 0.05) is 91.6 Å². The van der Waals surface area contributed by atoms with Crippen LogP contribution < -0.4 is 15.8 Å². The van der Waals surface area contributed by atoms with Crippen LogP contribution in [0.1, 0.15) is 126 Å². The van der Waals surface area contributed by atoms with E-state index in [0.29, 0.717) is 69.7 Å². The number of hydrazone groups is 1. The number of aromatic nitrogens is 15. The Labute approximate surface area is 768 Å². The van der Waals surface area contributed by atoms with Crippen LogP contribution in [0.4, 0.5) is 11.8 Å². The maximum atomic E-state index is 12.6. The summed E-state index contributed by atoms with van der Waals surface area (Å²) in [5, 5.41) is 40.5. The van der Waals surface area contributed by atoms with Crippen molar-refractivity contribution in [1.82, 2.24) is 73.3 Å². The van der Waals surface area contributed by atoms with Crippen molar-refractivity contribution in [1.29, 1.82) is 0 Å². The van der Waals surface area contributed by atoms with Crippen molar-refractivity contribution >= 4 is 149 Å². The summed E-state index contributed by atoms with van der Waals surface area (Å²) in [4.78, 5) is 67.7. The summed E-state index contributed by atoms with van der Waals surface area (Å²) < 4.78 is 25.5. The number of ether oxygens (including phenoxy) is 1.